The van der Waals surface area contributed by atoms with Crippen LogP contribution in [-0.2, 0) is 4.74 Å². The molecular weight excluding hydrogens is 259 g/mol. The first-order valence-corrected chi connectivity index (χ1v) is 14.4. The Labute approximate surface area is 78.5 Å². The Morgan fingerprint density at radius 3 is 2.33 bits per heavy atom. The predicted octanol–water partition coefficient (Wildman–Crippen LogP) is 1.43. The van der Waals surface area contributed by atoms with Crippen LogP contribution >= 0.6 is 0 Å². The fourth-order valence-electron chi connectivity index (χ4n) is 1.43. The molecule has 1 fully saturated rings. The van der Waals surface area contributed by atoms with E-state index in [0.29, 0.717) is 13.2 Å². The van der Waals surface area contributed by atoms with Gasteiger partial charge in [-0.05, 0) is 0 Å². The number of aliphatic hydroxyl groups excluding tert-OH is 1. The van der Waals surface area contributed by atoms with E-state index in [4.69, 9.17) is 4.74 Å². The molecule has 0 unspecified atom stereocenters. The Kier molecular flexibility index (Phi) is 3.23. The summed E-state index contributed by atoms with van der Waals surface area (Å²) >= 11 is -2.00. The molecule has 70 valence electrons. The van der Waals surface area contributed by atoms with Crippen LogP contribution in [0.4, 0.5) is 0 Å². The van der Waals surface area contributed by atoms with E-state index in [9.17, 15) is 5.11 Å². The van der Waals surface area contributed by atoms with Crippen LogP contribution in [0.3, 0.4) is 0 Å². The molecule has 0 bridgehead atoms. The number of rotatable bonds is 2. The van der Waals surface area contributed by atoms with Crippen LogP contribution in [-0.4, -0.2) is 42.8 Å². The number of hydrogen-bond donors (Lipinski definition) is 1. The molecule has 1 heterocycles. The molecule has 0 aromatic heterocycles. The molecule has 0 aromatic carbocycles. The molecule has 0 saturated carbocycles. The average Bonchev–Trinajstić information content (AvgIpc) is 2.31. The van der Waals surface area contributed by atoms with E-state index in [1.807, 2.05) is 0 Å². The summed E-state index contributed by atoms with van der Waals surface area (Å²) in [4.78, 5) is 6.96. The fraction of sp³-hybridized carbons (Fsp3) is 0.778. The molecule has 2 atom stereocenters. The van der Waals surface area contributed by atoms with Crippen molar-refractivity contribution in [3.8, 4) is 0 Å². The van der Waals surface area contributed by atoms with Gasteiger partial charge < -0.3 is 0 Å². The zero-order valence-electron chi connectivity index (χ0n) is 8.13. The maximum atomic E-state index is 9.57. The van der Waals surface area contributed by atoms with Gasteiger partial charge in [-0.1, -0.05) is 0 Å². The van der Waals surface area contributed by atoms with Crippen LogP contribution < -0.4 is 0 Å². The molecule has 1 saturated heterocycles. The van der Waals surface area contributed by atoms with Crippen molar-refractivity contribution in [1.29, 1.82) is 0 Å². The van der Waals surface area contributed by atoms with Crippen LogP contribution in [0, 0.1) is 5.92 Å². The molecule has 1 aliphatic rings. The Bertz CT molecular complexity index is 183. The summed E-state index contributed by atoms with van der Waals surface area (Å²) in [7, 11) is 0. The molecule has 1 N–H and O–H groups in total. The van der Waals surface area contributed by atoms with E-state index in [1.54, 1.807) is 0 Å². The number of hydrogen-bond acceptors (Lipinski definition) is 2. The Balaban J connectivity index is 2.64. The van der Waals surface area contributed by atoms with E-state index in [-0.39, 0.29) is 12.0 Å². The molecule has 0 aromatic rings. The van der Waals surface area contributed by atoms with E-state index >= 15 is 0 Å². The van der Waals surface area contributed by atoms with Gasteiger partial charge in [0.25, 0.3) is 0 Å². The third-order valence-electron chi connectivity index (χ3n) is 2.46. The van der Waals surface area contributed by atoms with Gasteiger partial charge >= 0.3 is 78.4 Å². The summed E-state index contributed by atoms with van der Waals surface area (Å²) in [5, 5.41) is 9.57. The second-order valence-electron chi connectivity index (χ2n) is 4.49. The first-order chi connectivity index (χ1) is 5.43. The van der Waals surface area contributed by atoms with E-state index in [0.717, 1.165) is 0 Å². The normalized spacial score (nSPS) is 30.7. The van der Waals surface area contributed by atoms with E-state index < -0.39 is 18.4 Å². The van der Waals surface area contributed by atoms with Gasteiger partial charge in [0.05, 0.1) is 0 Å². The van der Waals surface area contributed by atoms with Gasteiger partial charge in [0.15, 0.2) is 0 Å². The van der Waals surface area contributed by atoms with Crippen molar-refractivity contribution >= 4 is 18.4 Å². The van der Waals surface area contributed by atoms with E-state index in [1.165, 1.54) is 3.59 Å². The van der Waals surface area contributed by atoms with Crippen molar-refractivity contribution in [3.05, 3.63) is 10.2 Å². The molecule has 0 radical (unpaired) electrons. The average molecular weight is 277 g/mol. The first kappa shape index (κ1) is 10.5. The third-order valence-corrected chi connectivity index (χ3v) is 9.02. The van der Waals surface area contributed by atoms with Crippen molar-refractivity contribution in [1.82, 2.24) is 0 Å². The van der Waals surface area contributed by atoms with Crippen LogP contribution in [0.15, 0.2) is 10.2 Å². The first-order valence-electron chi connectivity index (χ1n) is 4.38. The van der Waals surface area contributed by atoms with Crippen LogP contribution in [0.1, 0.15) is 0 Å². The van der Waals surface area contributed by atoms with Gasteiger partial charge in [-0.3, -0.25) is 0 Å². The minimum atomic E-state index is -2.00. The summed E-state index contributed by atoms with van der Waals surface area (Å²) in [6.45, 7) is 5.28. The van der Waals surface area contributed by atoms with Crippen LogP contribution in [0.2, 0.25) is 14.8 Å². The Hall–Kier alpha value is 0.459. The van der Waals surface area contributed by atoms with Gasteiger partial charge in [-0.15, -0.1) is 0 Å². The summed E-state index contributed by atoms with van der Waals surface area (Å²) in [6, 6.07) is 0. The summed E-state index contributed by atoms with van der Waals surface area (Å²) in [5.41, 5.74) is 0. The molecular formula is C9H18O2Sn. The summed E-state index contributed by atoms with van der Waals surface area (Å²) in [5.74, 6) is 0.223. The molecule has 12 heavy (non-hydrogen) atoms. The predicted molar refractivity (Wildman–Crippen MR) is 52.8 cm³/mol. The molecule has 3 heteroatoms. The zero-order chi connectivity index (χ0) is 9.35. The quantitative estimate of drug-likeness (QED) is 0.774. The third kappa shape index (κ3) is 2.24. The van der Waals surface area contributed by atoms with Crippen LogP contribution in [0.5, 0.6) is 0 Å². The second kappa shape index (κ2) is 3.68. The number of aliphatic hydroxyl groups is 1. The van der Waals surface area contributed by atoms with Gasteiger partial charge in [0.2, 0.25) is 0 Å². The SMILES string of the molecule is C=[C]([C@H]1COC[C@@H]1O)[Sn]([CH3])([CH3])[CH3]. The second-order valence-corrected chi connectivity index (χ2v) is 19.2. The molecule has 0 amide bonds. The fourth-order valence-corrected chi connectivity index (χ4v) is 5.39. The van der Waals surface area contributed by atoms with Gasteiger partial charge in [-0.25, -0.2) is 0 Å². The molecule has 0 spiro atoms. The van der Waals surface area contributed by atoms with Crippen molar-refractivity contribution in [2.24, 2.45) is 5.92 Å². The summed E-state index contributed by atoms with van der Waals surface area (Å²) < 4.78 is 6.51. The number of ether oxygens (including phenoxy) is 1. The van der Waals surface area contributed by atoms with Crippen molar-refractivity contribution in [2.45, 2.75) is 20.9 Å². The molecule has 1 rings (SSSR count). The van der Waals surface area contributed by atoms with Crippen molar-refractivity contribution in [3.63, 3.8) is 0 Å². The van der Waals surface area contributed by atoms with E-state index in [2.05, 4.69) is 21.4 Å². The zero-order valence-corrected chi connectivity index (χ0v) is 11.0. The van der Waals surface area contributed by atoms with Gasteiger partial charge in [0, 0.05) is 0 Å². The standard InChI is InChI=1S/C6H9O2.3CH3.Sn/c1-2-5-3-8-4-6(5)7;;;;/h5-7H,1,3-4H2;3*1H3;/t5-,6-;;;;/m0..../s1. The van der Waals surface area contributed by atoms with Crippen molar-refractivity contribution in [2.75, 3.05) is 13.2 Å². The van der Waals surface area contributed by atoms with Gasteiger partial charge in [-0.2, -0.15) is 0 Å². The maximum absolute atomic E-state index is 9.57. The molecule has 0 aliphatic carbocycles. The monoisotopic (exact) mass is 278 g/mol. The Morgan fingerprint density at radius 1 is 1.42 bits per heavy atom. The Morgan fingerprint density at radius 2 is 2.00 bits per heavy atom. The molecule has 1 aliphatic heterocycles. The molecule has 2 nitrogen and oxygen atoms in total. The van der Waals surface area contributed by atoms with Crippen molar-refractivity contribution < 1.29 is 9.84 Å². The van der Waals surface area contributed by atoms with Crippen LogP contribution in [0.25, 0.3) is 0 Å². The summed E-state index contributed by atoms with van der Waals surface area (Å²) in [6.07, 6.45) is -0.298. The topological polar surface area (TPSA) is 29.5 Å². The van der Waals surface area contributed by atoms with Gasteiger partial charge in [0.1, 0.15) is 0 Å². The minimum absolute atomic E-state index is 0.223.